The van der Waals surface area contributed by atoms with E-state index < -0.39 is 0 Å². The number of nitrogens with zero attached hydrogens (tertiary/aromatic N) is 1. The van der Waals surface area contributed by atoms with Crippen LogP contribution in [0.15, 0.2) is 35.1 Å². The lowest BCUT2D eigenvalue weighted by Gasteiger charge is -2.04. The highest BCUT2D eigenvalue weighted by Gasteiger charge is 2.05. The number of benzene rings is 1. The summed E-state index contributed by atoms with van der Waals surface area (Å²) in [5.74, 6) is 0. The van der Waals surface area contributed by atoms with E-state index in [1.54, 1.807) is 17.7 Å². The average Bonchev–Trinajstić information content (AvgIpc) is 2.63. The lowest BCUT2D eigenvalue weighted by molar-refractivity contribution is 0.907. The molecule has 3 rings (SSSR count). The highest BCUT2D eigenvalue weighted by atomic mass is 16.1. The molecule has 0 aliphatic rings. The SMILES string of the molecule is Cc1cc2c(ccc3c2ccc(=O)n3C)[nH]1. The smallest absolute Gasteiger partial charge is 0.250 e. The molecule has 3 nitrogen and oxygen atoms in total. The first-order valence-corrected chi connectivity index (χ1v) is 5.25. The van der Waals surface area contributed by atoms with E-state index in [1.807, 2.05) is 25.1 Å². The summed E-state index contributed by atoms with van der Waals surface area (Å²) in [4.78, 5) is 14.8. The van der Waals surface area contributed by atoms with Crippen LogP contribution in [0.25, 0.3) is 21.8 Å². The third-order valence-corrected chi connectivity index (χ3v) is 3.04. The van der Waals surface area contributed by atoms with Gasteiger partial charge in [-0.15, -0.1) is 0 Å². The standard InChI is InChI=1S/C13H12N2O/c1-8-7-10-9-3-6-13(16)15(2)12(9)5-4-11(10)14-8/h3-7,14H,1-2H3. The van der Waals surface area contributed by atoms with E-state index in [-0.39, 0.29) is 5.56 Å². The summed E-state index contributed by atoms with van der Waals surface area (Å²) in [5.41, 5.74) is 3.25. The summed E-state index contributed by atoms with van der Waals surface area (Å²) in [6, 6.07) is 9.62. The number of aromatic amines is 1. The second-order valence-electron chi connectivity index (χ2n) is 4.14. The largest absolute Gasteiger partial charge is 0.359 e. The Bertz CT molecular complexity index is 750. The molecule has 1 aromatic carbocycles. The molecule has 0 fully saturated rings. The number of aromatic nitrogens is 2. The van der Waals surface area contributed by atoms with Crippen molar-refractivity contribution in [2.45, 2.75) is 6.92 Å². The second kappa shape index (κ2) is 2.98. The van der Waals surface area contributed by atoms with Crippen molar-refractivity contribution in [1.82, 2.24) is 9.55 Å². The van der Waals surface area contributed by atoms with E-state index in [0.29, 0.717) is 0 Å². The van der Waals surface area contributed by atoms with Gasteiger partial charge in [-0.25, -0.2) is 0 Å². The number of H-pyrrole nitrogens is 1. The molecule has 2 aromatic heterocycles. The zero-order valence-electron chi connectivity index (χ0n) is 9.24. The fourth-order valence-corrected chi connectivity index (χ4v) is 2.21. The van der Waals surface area contributed by atoms with Gasteiger partial charge in [-0.05, 0) is 31.2 Å². The monoisotopic (exact) mass is 212 g/mol. The molecule has 0 atom stereocenters. The molecule has 0 bridgehead atoms. The van der Waals surface area contributed by atoms with Crippen LogP contribution in [0.4, 0.5) is 0 Å². The Kier molecular flexibility index (Phi) is 1.72. The van der Waals surface area contributed by atoms with E-state index in [4.69, 9.17) is 0 Å². The van der Waals surface area contributed by atoms with Gasteiger partial charge in [0, 0.05) is 35.1 Å². The van der Waals surface area contributed by atoms with Crippen LogP contribution in [-0.2, 0) is 7.05 Å². The number of aryl methyl sites for hydroxylation is 2. The van der Waals surface area contributed by atoms with Gasteiger partial charge in [0.15, 0.2) is 0 Å². The molecule has 0 saturated heterocycles. The molecule has 1 N–H and O–H groups in total. The molecular weight excluding hydrogens is 200 g/mol. The van der Waals surface area contributed by atoms with Gasteiger partial charge >= 0.3 is 0 Å². The van der Waals surface area contributed by atoms with Gasteiger partial charge in [-0.3, -0.25) is 4.79 Å². The van der Waals surface area contributed by atoms with Crippen molar-refractivity contribution in [3.8, 4) is 0 Å². The maximum atomic E-state index is 11.5. The number of hydrogen-bond donors (Lipinski definition) is 1. The second-order valence-corrected chi connectivity index (χ2v) is 4.14. The molecular formula is C13H12N2O. The quantitative estimate of drug-likeness (QED) is 0.610. The van der Waals surface area contributed by atoms with Crippen LogP contribution in [-0.4, -0.2) is 9.55 Å². The molecule has 0 saturated carbocycles. The Balaban J connectivity index is 2.61. The molecule has 0 amide bonds. The summed E-state index contributed by atoms with van der Waals surface area (Å²) in [6.07, 6.45) is 0. The first kappa shape index (κ1) is 9.21. The normalized spacial score (nSPS) is 11.4. The summed E-state index contributed by atoms with van der Waals surface area (Å²) >= 11 is 0. The van der Waals surface area contributed by atoms with Crippen LogP contribution >= 0.6 is 0 Å². The Morgan fingerprint density at radius 2 is 1.94 bits per heavy atom. The Morgan fingerprint density at radius 3 is 2.75 bits per heavy atom. The molecule has 3 heteroatoms. The van der Waals surface area contributed by atoms with Gasteiger partial charge in [-0.1, -0.05) is 0 Å². The minimum atomic E-state index is 0.0270. The van der Waals surface area contributed by atoms with Crippen molar-refractivity contribution in [1.29, 1.82) is 0 Å². The lowest BCUT2D eigenvalue weighted by Crippen LogP contribution is -2.14. The van der Waals surface area contributed by atoms with Gasteiger partial charge < -0.3 is 9.55 Å². The highest BCUT2D eigenvalue weighted by Crippen LogP contribution is 2.24. The zero-order chi connectivity index (χ0) is 11.3. The molecule has 0 radical (unpaired) electrons. The van der Waals surface area contributed by atoms with Crippen LogP contribution in [0, 0.1) is 6.92 Å². The van der Waals surface area contributed by atoms with Gasteiger partial charge in [0.05, 0.1) is 5.52 Å². The zero-order valence-corrected chi connectivity index (χ0v) is 9.24. The molecule has 2 heterocycles. The Hall–Kier alpha value is -2.03. The van der Waals surface area contributed by atoms with E-state index in [2.05, 4.69) is 11.1 Å². The topological polar surface area (TPSA) is 37.8 Å². The summed E-state index contributed by atoms with van der Waals surface area (Å²) in [6.45, 7) is 2.04. The molecule has 0 aliphatic carbocycles. The maximum Gasteiger partial charge on any atom is 0.250 e. The van der Waals surface area contributed by atoms with Gasteiger partial charge in [0.2, 0.25) is 0 Å². The van der Waals surface area contributed by atoms with Crippen LogP contribution in [0.2, 0.25) is 0 Å². The van der Waals surface area contributed by atoms with Crippen LogP contribution in [0.3, 0.4) is 0 Å². The fourth-order valence-electron chi connectivity index (χ4n) is 2.21. The first-order valence-electron chi connectivity index (χ1n) is 5.25. The van der Waals surface area contributed by atoms with Crippen LogP contribution in [0.1, 0.15) is 5.69 Å². The lowest BCUT2D eigenvalue weighted by atomic mass is 10.1. The maximum absolute atomic E-state index is 11.5. The van der Waals surface area contributed by atoms with E-state index in [9.17, 15) is 4.79 Å². The predicted octanol–water partition coefficient (Wildman–Crippen LogP) is 2.33. The third-order valence-electron chi connectivity index (χ3n) is 3.04. The Morgan fingerprint density at radius 1 is 1.12 bits per heavy atom. The first-order chi connectivity index (χ1) is 7.66. The van der Waals surface area contributed by atoms with E-state index >= 15 is 0 Å². The Labute approximate surface area is 92.3 Å². The number of pyridine rings is 1. The molecule has 80 valence electrons. The van der Waals surface area contributed by atoms with Crippen molar-refractivity contribution in [2.24, 2.45) is 7.05 Å². The van der Waals surface area contributed by atoms with Crippen molar-refractivity contribution in [2.75, 3.05) is 0 Å². The van der Waals surface area contributed by atoms with E-state index in [1.165, 1.54) is 5.39 Å². The van der Waals surface area contributed by atoms with Gasteiger partial charge in [-0.2, -0.15) is 0 Å². The number of rotatable bonds is 0. The van der Waals surface area contributed by atoms with Crippen LogP contribution in [0.5, 0.6) is 0 Å². The fraction of sp³-hybridized carbons (Fsp3) is 0.154. The van der Waals surface area contributed by atoms with Crippen molar-refractivity contribution < 1.29 is 0 Å². The average molecular weight is 212 g/mol. The van der Waals surface area contributed by atoms with Crippen molar-refractivity contribution >= 4 is 21.8 Å². The molecule has 0 unspecified atom stereocenters. The minimum absolute atomic E-state index is 0.0270. The molecule has 0 aliphatic heterocycles. The minimum Gasteiger partial charge on any atom is -0.359 e. The third kappa shape index (κ3) is 1.11. The number of hydrogen-bond acceptors (Lipinski definition) is 1. The molecule has 0 spiro atoms. The summed E-state index contributed by atoms with van der Waals surface area (Å²) < 4.78 is 1.68. The molecule has 3 aromatic rings. The number of nitrogens with one attached hydrogen (secondary N) is 1. The van der Waals surface area contributed by atoms with Crippen molar-refractivity contribution in [3.63, 3.8) is 0 Å². The summed E-state index contributed by atoms with van der Waals surface area (Å²) in [7, 11) is 1.80. The van der Waals surface area contributed by atoms with Gasteiger partial charge in [0.1, 0.15) is 0 Å². The highest BCUT2D eigenvalue weighted by molar-refractivity contribution is 6.05. The van der Waals surface area contributed by atoms with E-state index in [0.717, 1.165) is 22.1 Å². The van der Waals surface area contributed by atoms with Crippen LogP contribution < -0.4 is 5.56 Å². The van der Waals surface area contributed by atoms with Gasteiger partial charge in [0.25, 0.3) is 5.56 Å². The number of fused-ring (bicyclic) bond motifs is 3. The molecule has 16 heavy (non-hydrogen) atoms. The summed E-state index contributed by atoms with van der Waals surface area (Å²) in [5, 5.41) is 2.29. The predicted molar refractivity (Wildman–Crippen MR) is 65.8 cm³/mol. The van der Waals surface area contributed by atoms with Crippen molar-refractivity contribution in [3.05, 3.63) is 46.4 Å².